The third kappa shape index (κ3) is 4.19. The molecule has 1 aromatic carbocycles. The second-order valence-corrected chi connectivity index (χ2v) is 5.89. The van der Waals surface area contributed by atoms with Crippen LogP contribution in [0.1, 0.15) is 63.0 Å². The van der Waals surface area contributed by atoms with Crippen LogP contribution in [0.15, 0.2) is 29.4 Å². The molecule has 0 unspecified atom stereocenters. The van der Waals surface area contributed by atoms with Gasteiger partial charge in [-0.1, -0.05) is 57.4 Å². The molecule has 0 spiro atoms. The molecule has 1 N–H and O–H groups in total. The van der Waals surface area contributed by atoms with Crippen molar-refractivity contribution in [1.29, 1.82) is 0 Å². The highest BCUT2D eigenvalue weighted by Gasteiger charge is 2.20. The second kappa shape index (κ2) is 7.22. The van der Waals surface area contributed by atoms with Gasteiger partial charge in [0, 0.05) is 5.92 Å². The minimum absolute atomic E-state index is 0.0692. The first-order valence-corrected chi connectivity index (χ1v) is 7.59. The third-order valence-corrected chi connectivity index (χ3v) is 3.97. The molecule has 0 aliphatic heterocycles. The predicted molar refractivity (Wildman–Crippen MR) is 82.8 cm³/mol. The van der Waals surface area contributed by atoms with E-state index in [-0.39, 0.29) is 11.8 Å². The Morgan fingerprint density at radius 3 is 2.45 bits per heavy atom. The van der Waals surface area contributed by atoms with E-state index in [0.717, 1.165) is 18.4 Å². The van der Waals surface area contributed by atoms with Crippen LogP contribution in [-0.4, -0.2) is 12.1 Å². The highest BCUT2D eigenvalue weighted by atomic mass is 16.2. The first-order chi connectivity index (χ1) is 9.66. The Morgan fingerprint density at radius 1 is 1.20 bits per heavy atom. The number of hydrogen-bond acceptors (Lipinski definition) is 2. The maximum Gasteiger partial charge on any atom is 0.243 e. The van der Waals surface area contributed by atoms with Crippen LogP contribution in [0.3, 0.4) is 0 Å². The highest BCUT2D eigenvalue weighted by molar-refractivity contribution is 5.83. The molecule has 0 radical (unpaired) electrons. The van der Waals surface area contributed by atoms with E-state index in [9.17, 15) is 4.79 Å². The zero-order valence-electron chi connectivity index (χ0n) is 12.4. The molecule has 0 heterocycles. The maximum absolute atomic E-state index is 11.9. The molecule has 1 saturated carbocycles. The lowest BCUT2D eigenvalue weighted by Gasteiger charge is -2.19. The largest absolute Gasteiger partial charge is 0.273 e. The van der Waals surface area contributed by atoms with Crippen LogP contribution >= 0.6 is 0 Å². The van der Waals surface area contributed by atoms with Gasteiger partial charge in [0.25, 0.3) is 0 Å². The van der Waals surface area contributed by atoms with Crippen LogP contribution in [0.25, 0.3) is 0 Å². The molecular weight excluding hydrogens is 248 g/mol. The zero-order chi connectivity index (χ0) is 14.4. The lowest BCUT2D eigenvalue weighted by atomic mass is 9.89. The Morgan fingerprint density at radius 2 is 1.85 bits per heavy atom. The molecule has 0 saturated heterocycles. The van der Waals surface area contributed by atoms with Crippen molar-refractivity contribution >= 4 is 12.1 Å². The van der Waals surface area contributed by atoms with Crippen LogP contribution in [0.2, 0.25) is 0 Å². The Balaban J connectivity index is 1.84. The summed E-state index contributed by atoms with van der Waals surface area (Å²) in [6.07, 6.45) is 7.31. The van der Waals surface area contributed by atoms with E-state index in [2.05, 4.69) is 36.5 Å². The number of carbonyl (C=O) groups is 1. The fourth-order valence-electron chi connectivity index (χ4n) is 2.59. The summed E-state index contributed by atoms with van der Waals surface area (Å²) in [7, 11) is 0. The Bertz CT molecular complexity index is 456. The molecule has 0 atom stereocenters. The van der Waals surface area contributed by atoms with Gasteiger partial charge in [-0.2, -0.15) is 5.10 Å². The van der Waals surface area contributed by atoms with E-state index in [1.165, 1.54) is 24.8 Å². The van der Waals surface area contributed by atoms with Gasteiger partial charge in [-0.05, 0) is 29.9 Å². The minimum Gasteiger partial charge on any atom is -0.273 e. The summed E-state index contributed by atoms with van der Waals surface area (Å²) in [6, 6.07) is 8.28. The molecule has 3 heteroatoms. The summed E-state index contributed by atoms with van der Waals surface area (Å²) >= 11 is 0. The number of nitrogens with zero attached hydrogens (tertiary/aromatic N) is 1. The van der Waals surface area contributed by atoms with Crippen molar-refractivity contribution in [1.82, 2.24) is 5.43 Å². The van der Waals surface area contributed by atoms with E-state index in [0.29, 0.717) is 5.92 Å². The molecule has 1 fully saturated rings. The molecule has 1 aromatic rings. The molecular formula is C17H24N2O. The van der Waals surface area contributed by atoms with E-state index >= 15 is 0 Å². The number of carbonyl (C=O) groups excluding carboxylic acids is 1. The highest BCUT2D eigenvalue weighted by Crippen LogP contribution is 2.23. The van der Waals surface area contributed by atoms with Crippen molar-refractivity contribution in [2.75, 3.05) is 0 Å². The second-order valence-electron chi connectivity index (χ2n) is 5.89. The van der Waals surface area contributed by atoms with Gasteiger partial charge in [0.2, 0.25) is 5.91 Å². The van der Waals surface area contributed by atoms with Crippen LogP contribution in [0, 0.1) is 5.92 Å². The third-order valence-electron chi connectivity index (χ3n) is 3.97. The molecule has 0 aromatic heterocycles. The summed E-state index contributed by atoms with van der Waals surface area (Å²) in [5.41, 5.74) is 4.99. The first kappa shape index (κ1) is 14.8. The average Bonchev–Trinajstić information content (AvgIpc) is 2.48. The smallest absolute Gasteiger partial charge is 0.243 e. The lowest BCUT2D eigenvalue weighted by Crippen LogP contribution is -2.28. The topological polar surface area (TPSA) is 41.5 Å². The van der Waals surface area contributed by atoms with Gasteiger partial charge in [-0.25, -0.2) is 5.43 Å². The molecule has 2 rings (SSSR count). The van der Waals surface area contributed by atoms with E-state index in [1.54, 1.807) is 6.21 Å². The van der Waals surface area contributed by atoms with Crippen molar-refractivity contribution in [3.8, 4) is 0 Å². The van der Waals surface area contributed by atoms with E-state index in [1.807, 2.05) is 12.1 Å². The van der Waals surface area contributed by atoms with Gasteiger partial charge in [0.1, 0.15) is 0 Å². The molecule has 1 amide bonds. The van der Waals surface area contributed by atoms with Crippen molar-refractivity contribution in [3.63, 3.8) is 0 Å². The number of rotatable bonds is 4. The van der Waals surface area contributed by atoms with Crippen molar-refractivity contribution < 1.29 is 4.79 Å². The number of benzene rings is 1. The standard InChI is InChI=1S/C17H24N2O/c1-13(2)15-10-8-14(9-11-15)12-18-19-17(20)16-6-4-3-5-7-16/h8-13,16H,3-7H2,1-2H3,(H,19,20). The molecule has 1 aliphatic rings. The number of hydrogen-bond donors (Lipinski definition) is 1. The van der Waals surface area contributed by atoms with Crippen molar-refractivity contribution in [3.05, 3.63) is 35.4 Å². The van der Waals surface area contributed by atoms with Crippen molar-refractivity contribution in [2.24, 2.45) is 11.0 Å². The van der Waals surface area contributed by atoms with E-state index in [4.69, 9.17) is 0 Å². The fourth-order valence-corrected chi connectivity index (χ4v) is 2.59. The van der Waals surface area contributed by atoms with Gasteiger partial charge in [-0.15, -0.1) is 0 Å². The monoisotopic (exact) mass is 272 g/mol. The normalized spacial score (nSPS) is 16.8. The quantitative estimate of drug-likeness (QED) is 0.656. The molecule has 0 bridgehead atoms. The Kier molecular flexibility index (Phi) is 5.33. The predicted octanol–water partition coefficient (Wildman–Crippen LogP) is 3.84. The SMILES string of the molecule is CC(C)c1ccc(C=NNC(=O)C2CCCCC2)cc1. The molecule has 108 valence electrons. The summed E-state index contributed by atoms with van der Waals surface area (Å²) in [5, 5.41) is 4.07. The van der Waals surface area contributed by atoms with Crippen LogP contribution in [0.4, 0.5) is 0 Å². The number of amides is 1. The summed E-state index contributed by atoms with van der Waals surface area (Å²) < 4.78 is 0. The van der Waals surface area contributed by atoms with Gasteiger partial charge < -0.3 is 0 Å². The molecule has 1 aliphatic carbocycles. The summed E-state index contributed by atoms with van der Waals surface area (Å²) in [6.45, 7) is 4.35. The van der Waals surface area contributed by atoms with Crippen LogP contribution < -0.4 is 5.43 Å². The number of hydrazone groups is 1. The van der Waals surface area contributed by atoms with Gasteiger partial charge in [0.15, 0.2) is 0 Å². The summed E-state index contributed by atoms with van der Waals surface area (Å²) in [4.78, 5) is 11.9. The first-order valence-electron chi connectivity index (χ1n) is 7.59. The van der Waals surface area contributed by atoms with Crippen LogP contribution in [0.5, 0.6) is 0 Å². The van der Waals surface area contributed by atoms with Gasteiger partial charge in [-0.3, -0.25) is 4.79 Å². The van der Waals surface area contributed by atoms with Crippen molar-refractivity contribution in [2.45, 2.75) is 51.9 Å². The maximum atomic E-state index is 11.9. The minimum atomic E-state index is 0.0692. The van der Waals surface area contributed by atoms with Gasteiger partial charge >= 0.3 is 0 Å². The van der Waals surface area contributed by atoms with E-state index < -0.39 is 0 Å². The van der Waals surface area contributed by atoms with Gasteiger partial charge in [0.05, 0.1) is 6.21 Å². The summed E-state index contributed by atoms with van der Waals surface area (Å²) in [5.74, 6) is 0.760. The molecule has 3 nitrogen and oxygen atoms in total. The average molecular weight is 272 g/mol. The lowest BCUT2D eigenvalue weighted by molar-refractivity contribution is -0.125. The van der Waals surface area contributed by atoms with Crippen LogP contribution in [-0.2, 0) is 4.79 Å². The number of nitrogens with one attached hydrogen (secondary N) is 1. The molecule has 20 heavy (non-hydrogen) atoms. The Labute approximate surface area is 121 Å². The zero-order valence-corrected chi connectivity index (χ0v) is 12.4. The Hall–Kier alpha value is -1.64. The fraction of sp³-hybridized carbons (Fsp3) is 0.529.